The molecule has 1 unspecified atom stereocenters. The lowest BCUT2D eigenvalue weighted by Gasteiger charge is -2.28. The van der Waals surface area contributed by atoms with Gasteiger partial charge in [0.2, 0.25) is 0 Å². The van der Waals surface area contributed by atoms with E-state index < -0.39 is 5.54 Å². The Morgan fingerprint density at radius 3 is 2.69 bits per heavy atom. The molecular weight excluding hydrogens is 342 g/mol. The van der Waals surface area contributed by atoms with E-state index in [1.165, 1.54) is 22.4 Å². The second-order valence-corrected chi connectivity index (χ2v) is 7.47. The highest BCUT2D eigenvalue weighted by atomic mass is 35.5. The maximum absolute atomic E-state index is 6.90. The predicted molar refractivity (Wildman–Crippen MR) is 108 cm³/mol. The Morgan fingerprint density at radius 1 is 1.12 bits per heavy atom. The zero-order valence-corrected chi connectivity index (χ0v) is 15.6. The monoisotopic (exact) mass is 363 g/mol. The van der Waals surface area contributed by atoms with Crippen molar-refractivity contribution < 1.29 is 0 Å². The third-order valence-electron chi connectivity index (χ3n) is 5.31. The van der Waals surface area contributed by atoms with Crippen LogP contribution in [-0.2, 0) is 18.5 Å². The highest BCUT2D eigenvalue weighted by Crippen LogP contribution is 2.42. The van der Waals surface area contributed by atoms with E-state index in [0.29, 0.717) is 0 Å². The van der Waals surface area contributed by atoms with Crippen LogP contribution in [0.15, 0.2) is 67.0 Å². The first-order chi connectivity index (χ1) is 12.6. The van der Waals surface area contributed by atoms with Gasteiger partial charge in [0, 0.05) is 36.7 Å². The molecule has 0 bridgehead atoms. The maximum atomic E-state index is 6.90. The summed E-state index contributed by atoms with van der Waals surface area (Å²) in [7, 11) is 2.11. The number of rotatable bonds is 4. The van der Waals surface area contributed by atoms with Gasteiger partial charge in [-0.15, -0.1) is 0 Å². The van der Waals surface area contributed by atoms with E-state index in [9.17, 15) is 0 Å². The van der Waals surface area contributed by atoms with Crippen LogP contribution >= 0.6 is 11.6 Å². The number of anilines is 1. The second kappa shape index (κ2) is 6.75. The molecule has 0 amide bonds. The van der Waals surface area contributed by atoms with Crippen LogP contribution in [0.4, 0.5) is 5.69 Å². The molecule has 2 aromatic carbocycles. The summed E-state index contributed by atoms with van der Waals surface area (Å²) in [5.74, 6) is 0. The number of nitrogens with two attached hydrogens (primary N) is 1. The van der Waals surface area contributed by atoms with Crippen molar-refractivity contribution in [2.75, 3.05) is 11.9 Å². The van der Waals surface area contributed by atoms with Crippen LogP contribution in [-0.4, -0.2) is 12.0 Å². The molecule has 1 heterocycles. The van der Waals surface area contributed by atoms with Crippen molar-refractivity contribution in [3.63, 3.8) is 0 Å². The van der Waals surface area contributed by atoms with Crippen LogP contribution in [0.5, 0.6) is 0 Å². The number of aryl methyl sites for hydroxylation is 1. The Hall–Kier alpha value is -2.36. The van der Waals surface area contributed by atoms with Crippen molar-refractivity contribution in [1.82, 2.24) is 4.98 Å². The first-order valence-electron chi connectivity index (χ1n) is 8.85. The number of halogens is 1. The molecule has 3 nitrogen and oxygen atoms in total. The highest BCUT2D eigenvalue weighted by molar-refractivity contribution is 6.30. The number of nitrogens with zero attached hydrogens (tertiary/aromatic N) is 2. The molecule has 1 aliphatic carbocycles. The third-order valence-corrected chi connectivity index (χ3v) is 5.55. The molecule has 3 aromatic rings. The molecule has 0 aliphatic heterocycles. The molecule has 1 aromatic heterocycles. The molecule has 2 N–H and O–H groups in total. The molecule has 1 atom stereocenters. The van der Waals surface area contributed by atoms with E-state index in [1.807, 2.05) is 42.7 Å². The number of pyridine rings is 1. The minimum atomic E-state index is -0.478. The van der Waals surface area contributed by atoms with Gasteiger partial charge < -0.3 is 10.6 Å². The Kier molecular flexibility index (Phi) is 4.43. The van der Waals surface area contributed by atoms with E-state index >= 15 is 0 Å². The molecule has 26 heavy (non-hydrogen) atoms. The fraction of sp³-hybridized carbons (Fsp3) is 0.227. The van der Waals surface area contributed by atoms with E-state index in [0.717, 1.165) is 30.0 Å². The number of aromatic nitrogens is 1. The van der Waals surface area contributed by atoms with Gasteiger partial charge in [-0.1, -0.05) is 29.8 Å². The average Bonchev–Trinajstić information content (AvgIpc) is 3.00. The summed E-state index contributed by atoms with van der Waals surface area (Å²) in [6.45, 7) is 0.829. The van der Waals surface area contributed by atoms with Gasteiger partial charge in [0.05, 0.1) is 5.54 Å². The molecule has 0 fully saturated rings. The van der Waals surface area contributed by atoms with Crippen LogP contribution in [0.3, 0.4) is 0 Å². The minimum Gasteiger partial charge on any atom is -0.370 e. The highest BCUT2D eigenvalue weighted by Gasteiger charge is 2.37. The van der Waals surface area contributed by atoms with Gasteiger partial charge in [0.15, 0.2) is 0 Å². The van der Waals surface area contributed by atoms with E-state index in [-0.39, 0.29) is 0 Å². The summed E-state index contributed by atoms with van der Waals surface area (Å²) >= 11 is 6.22. The van der Waals surface area contributed by atoms with Crippen molar-refractivity contribution >= 4 is 17.3 Å². The first kappa shape index (κ1) is 17.1. The summed E-state index contributed by atoms with van der Waals surface area (Å²) in [6, 6.07) is 18.7. The van der Waals surface area contributed by atoms with Crippen LogP contribution in [0.1, 0.15) is 28.7 Å². The van der Waals surface area contributed by atoms with Crippen LogP contribution in [0, 0.1) is 0 Å². The van der Waals surface area contributed by atoms with Crippen molar-refractivity contribution in [2.45, 2.75) is 24.9 Å². The Morgan fingerprint density at radius 2 is 1.92 bits per heavy atom. The standard InChI is InChI=1S/C22H22ClN3/c1-26(15-16-8-11-25-12-9-16)20-6-5-17-7-10-22(24,21(17)14-20)18-3-2-4-19(23)13-18/h2-6,8-9,11-14H,7,10,15,24H2,1H3. The zero-order chi connectivity index (χ0) is 18.1. The van der Waals surface area contributed by atoms with Gasteiger partial charge in [-0.25, -0.2) is 0 Å². The summed E-state index contributed by atoms with van der Waals surface area (Å²) in [4.78, 5) is 6.33. The number of hydrogen-bond donors (Lipinski definition) is 1. The lowest BCUT2D eigenvalue weighted by atomic mass is 9.85. The molecule has 0 saturated carbocycles. The fourth-order valence-electron chi connectivity index (χ4n) is 3.82. The summed E-state index contributed by atoms with van der Waals surface area (Å²) < 4.78 is 0. The number of fused-ring (bicyclic) bond motifs is 1. The second-order valence-electron chi connectivity index (χ2n) is 7.03. The summed E-state index contributed by atoms with van der Waals surface area (Å²) in [5, 5.41) is 0.728. The zero-order valence-electron chi connectivity index (χ0n) is 14.8. The molecule has 4 heteroatoms. The predicted octanol–water partition coefficient (Wildman–Crippen LogP) is 4.52. The number of hydrogen-bond acceptors (Lipinski definition) is 3. The van der Waals surface area contributed by atoms with Gasteiger partial charge in [-0.2, -0.15) is 0 Å². The molecule has 0 radical (unpaired) electrons. The van der Waals surface area contributed by atoms with Crippen molar-refractivity contribution in [1.29, 1.82) is 0 Å². The molecular formula is C22H22ClN3. The van der Waals surface area contributed by atoms with Gasteiger partial charge in [-0.3, -0.25) is 4.98 Å². The number of benzene rings is 2. The summed E-state index contributed by atoms with van der Waals surface area (Å²) in [5.41, 5.74) is 12.4. The molecule has 1 aliphatic rings. The quantitative estimate of drug-likeness (QED) is 0.741. The van der Waals surface area contributed by atoms with Crippen LogP contribution in [0.25, 0.3) is 0 Å². The lowest BCUT2D eigenvalue weighted by Crippen LogP contribution is -2.35. The third kappa shape index (κ3) is 3.09. The van der Waals surface area contributed by atoms with Gasteiger partial charge in [-0.05, 0) is 71.5 Å². The van der Waals surface area contributed by atoms with Gasteiger partial charge >= 0.3 is 0 Å². The smallest absolute Gasteiger partial charge is 0.0672 e. The molecule has 0 spiro atoms. The average molecular weight is 364 g/mol. The van der Waals surface area contributed by atoms with E-state index in [2.05, 4.69) is 41.2 Å². The molecule has 4 rings (SSSR count). The normalized spacial score (nSPS) is 18.6. The minimum absolute atomic E-state index is 0.478. The van der Waals surface area contributed by atoms with Crippen molar-refractivity contribution in [2.24, 2.45) is 5.73 Å². The lowest BCUT2D eigenvalue weighted by molar-refractivity contribution is 0.535. The van der Waals surface area contributed by atoms with Gasteiger partial charge in [0.1, 0.15) is 0 Å². The molecule has 132 valence electrons. The Balaban J connectivity index is 1.68. The van der Waals surface area contributed by atoms with Crippen LogP contribution in [0.2, 0.25) is 5.02 Å². The summed E-state index contributed by atoms with van der Waals surface area (Å²) in [6.07, 6.45) is 5.55. The topological polar surface area (TPSA) is 42.2 Å². The Labute approximate surface area is 159 Å². The SMILES string of the molecule is CN(Cc1ccncc1)c1ccc2c(c1)C(N)(c1cccc(Cl)c1)CC2. The molecule has 0 saturated heterocycles. The van der Waals surface area contributed by atoms with Crippen molar-refractivity contribution in [3.05, 3.63) is 94.3 Å². The fourth-order valence-corrected chi connectivity index (χ4v) is 4.01. The van der Waals surface area contributed by atoms with E-state index in [1.54, 1.807) is 0 Å². The first-order valence-corrected chi connectivity index (χ1v) is 9.22. The Bertz CT molecular complexity index is 926. The van der Waals surface area contributed by atoms with E-state index in [4.69, 9.17) is 17.3 Å². The van der Waals surface area contributed by atoms with Gasteiger partial charge in [0.25, 0.3) is 0 Å². The van der Waals surface area contributed by atoms with Crippen molar-refractivity contribution in [3.8, 4) is 0 Å². The maximum Gasteiger partial charge on any atom is 0.0672 e. The largest absolute Gasteiger partial charge is 0.370 e. The van der Waals surface area contributed by atoms with Crippen LogP contribution < -0.4 is 10.6 Å².